The maximum atomic E-state index is 4.61. The maximum absolute atomic E-state index is 4.61. The fraction of sp³-hybridized carbons (Fsp3) is 0.731. The van der Waals surface area contributed by atoms with Crippen molar-refractivity contribution >= 4 is 5.71 Å². The van der Waals surface area contributed by atoms with E-state index in [1.165, 1.54) is 107 Å². The molecule has 0 amide bonds. The molecule has 2 aliphatic rings. The average molecular weight is 370 g/mol. The Morgan fingerprint density at radius 3 is 1.67 bits per heavy atom. The first-order valence-corrected chi connectivity index (χ1v) is 11.6. The number of nitrogens with zero attached hydrogens (tertiary/aromatic N) is 1. The van der Waals surface area contributed by atoms with E-state index < -0.39 is 0 Å². The van der Waals surface area contributed by atoms with Crippen LogP contribution < -0.4 is 0 Å². The molecule has 2 atom stereocenters. The van der Waals surface area contributed by atoms with Gasteiger partial charge in [0.25, 0.3) is 0 Å². The van der Waals surface area contributed by atoms with E-state index in [0.29, 0.717) is 5.92 Å². The van der Waals surface area contributed by atoms with Gasteiger partial charge in [-0.1, -0.05) is 89.5 Å². The van der Waals surface area contributed by atoms with Crippen molar-refractivity contribution < 1.29 is 0 Å². The van der Waals surface area contributed by atoms with Crippen LogP contribution in [0.15, 0.2) is 41.4 Å². The van der Waals surface area contributed by atoms with Crippen molar-refractivity contribution in [3.8, 4) is 0 Å². The van der Waals surface area contributed by atoms with E-state index in [-0.39, 0.29) is 0 Å². The third kappa shape index (κ3) is 8.20. The van der Waals surface area contributed by atoms with Crippen molar-refractivity contribution in [1.82, 2.24) is 0 Å². The molecule has 152 valence electrons. The Hall–Kier alpha value is -1.11. The van der Waals surface area contributed by atoms with Crippen molar-refractivity contribution in [3.63, 3.8) is 0 Å². The van der Waals surface area contributed by atoms with Crippen LogP contribution in [0, 0.1) is 11.8 Å². The number of aliphatic imine (C=N–C) groups is 1. The zero-order valence-corrected chi connectivity index (χ0v) is 18.0. The van der Waals surface area contributed by atoms with Gasteiger partial charge in [0, 0.05) is 7.05 Å². The zero-order valence-electron chi connectivity index (χ0n) is 18.0. The summed E-state index contributed by atoms with van der Waals surface area (Å²) in [6.45, 7) is 13.3. The first-order valence-electron chi connectivity index (χ1n) is 11.6. The van der Waals surface area contributed by atoms with Crippen molar-refractivity contribution in [2.24, 2.45) is 16.8 Å². The van der Waals surface area contributed by atoms with E-state index in [1.807, 2.05) is 7.05 Å². The Labute approximate surface area is 169 Å². The van der Waals surface area contributed by atoms with Crippen molar-refractivity contribution in [3.05, 3.63) is 36.5 Å². The van der Waals surface area contributed by atoms with Gasteiger partial charge in [0.05, 0.1) is 5.71 Å². The number of hydrogen-bond donors (Lipinski definition) is 0. The molecular weight excluding hydrogens is 326 g/mol. The molecule has 0 spiro atoms. The van der Waals surface area contributed by atoms with E-state index in [4.69, 9.17) is 0 Å². The van der Waals surface area contributed by atoms with Crippen molar-refractivity contribution in [2.75, 3.05) is 7.05 Å². The molecule has 0 aromatic heterocycles. The van der Waals surface area contributed by atoms with E-state index in [2.05, 4.69) is 24.7 Å². The topological polar surface area (TPSA) is 12.4 Å². The highest BCUT2D eigenvalue weighted by Crippen LogP contribution is 2.33. The Bertz CT molecular complexity index is 524. The molecule has 2 rings (SSSR count). The van der Waals surface area contributed by atoms with Crippen LogP contribution in [0.25, 0.3) is 0 Å². The van der Waals surface area contributed by atoms with Gasteiger partial charge in [0.2, 0.25) is 0 Å². The molecule has 2 fully saturated rings. The van der Waals surface area contributed by atoms with Gasteiger partial charge in [0.15, 0.2) is 0 Å². The van der Waals surface area contributed by atoms with Crippen LogP contribution in [0.3, 0.4) is 0 Å². The summed E-state index contributed by atoms with van der Waals surface area (Å²) in [7, 11) is 1.92. The first kappa shape index (κ1) is 22.2. The summed E-state index contributed by atoms with van der Waals surface area (Å²) in [4.78, 5) is 4.61. The van der Waals surface area contributed by atoms with Gasteiger partial charge in [-0.05, 0) is 61.5 Å². The number of rotatable bonds is 0. The standard InChI is InChI=1S/C26H43N/c1-21-16-17-24-14-12-10-8-6-5-7-9-11-13-15-25(18-21)20-23(3)26(27-4)22(2)19-24/h24-25H,1-3,5-20H2,4H3. The third-order valence-corrected chi connectivity index (χ3v) is 6.67. The SMILES string of the molecule is C=C1CCC2CCCCCCCCCCCC(C1)CC(=C)C(=NC)C(=C)C2. The Kier molecular flexibility index (Phi) is 10.2. The summed E-state index contributed by atoms with van der Waals surface area (Å²) >= 11 is 0. The smallest absolute Gasteiger partial charge is 0.0623 e. The molecule has 2 aliphatic carbocycles. The molecule has 0 N–H and O–H groups in total. The quantitative estimate of drug-likeness (QED) is 0.381. The molecule has 0 aromatic carbocycles. The fourth-order valence-electron chi connectivity index (χ4n) is 5.10. The normalized spacial score (nSPS) is 29.8. The van der Waals surface area contributed by atoms with Gasteiger partial charge in [-0.15, -0.1) is 0 Å². The highest BCUT2D eigenvalue weighted by molar-refractivity contribution is 6.11. The molecular formula is C26H43N. The van der Waals surface area contributed by atoms with Gasteiger partial charge in [0.1, 0.15) is 0 Å². The van der Waals surface area contributed by atoms with Gasteiger partial charge in [-0.25, -0.2) is 0 Å². The molecule has 27 heavy (non-hydrogen) atoms. The second kappa shape index (κ2) is 12.4. The van der Waals surface area contributed by atoms with Gasteiger partial charge in [-0.3, -0.25) is 4.99 Å². The Morgan fingerprint density at radius 2 is 1.11 bits per heavy atom. The van der Waals surface area contributed by atoms with E-state index >= 15 is 0 Å². The van der Waals surface area contributed by atoms with Crippen LogP contribution >= 0.6 is 0 Å². The number of fused-ring (bicyclic) bond motifs is 5. The summed E-state index contributed by atoms with van der Waals surface area (Å²) in [6.07, 6.45) is 21.1. The molecule has 1 nitrogen and oxygen atoms in total. The summed E-state index contributed by atoms with van der Waals surface area (Å²) in [6, 6.07) is 0. The molecule has 1 heteroatoms. The van der Waals surface area contributed by atoms with Crippen LogP contribution in [0.4, 0.5) is 0 Å². The lowest BCUT2D eigenvalue weighted by Crippen LogP contribution is -2.12. The number of allylic oxidation sites excluding steroid dienone is 3. The lowest BCUT2D eigenvalue weighted by atomic mass is 9.86. The van der Waals surface area contributed by atoms with Gasteiger partial charge < -0.3 is 0 Å². The molecule has 0 radical (unpaired) electrons. The van der Waals surface area contributed by atoms with Crippen LogP contribution in [0.2, 0.25) is 0 Å². The van der Waals surface area contributed by atoms with Gasteiger partial charge >= 0.3 is 0 Å². The predicted octanol–water partition coefficient (Wildman–Crippen LogP) is 8.23. The minimum absolute atomic E-state index is 0.682. The fourth-order valence-corrected chi connectivity index (χ4v) is 5.10. The summed E-state index contributed by atoms with van der Waals surface area (Å²) in [5.74, 6) is 1.41. The average Bonchev–Trinajstić information content (AvgIpc) is 2.64. The predicted molar refractivity (Wildman–Crippen MR) is 122 cm³/mol. The van der Waals surface area contributed by atoms with Crippen molar-refractivity contribution in [1.29, 1.82) is 0 Å². The van der Waals surface area contributed by atoms with E-state index in [1.54, 1.807) is 0 Å². The zero-order chi connectivity index (χ0) is 19.5. The third-order valence-electron chi connectivity index (χ3n) is 6.67. The molecule has 2 bridgehead atoms. The lowest BCUT2D eigenvalue weighted by Gasteiger charge is -2.20. The molecule has 0 saturated heterocycles. The second-order valence-corrected chi connectivity index (χ2v) is 9.17. The highest BCUT2D eigenvalue weighted by Gasteiger charge is 2.21. The number of hydrogen-bond acceptors (Lipinski definition) is 1. The largest absolute Gasteiger partial charge is 0.288 e. The molecule has 0 heterocycles. The van der Waals surface area contributed by atoms with Crippen LogP contribution in [0.5, 0.6) is 0 Å². The second-order valence-electron chi connectivity index (χ2n) is 9.17. The monoisotopic (exact) mass is 369 g/mol. The van der Waals surface area contributed by atoms with E-state index in [9.17, 15) is 0 Å². The van der Waals surface area contributed by atoms with E-state index in [0.717, 1.165) is 24.5 Å². The maximum Gasteiger partial charge on any atom is 0.0623 e. The Balaban J connectivity index is 2.17. The Morgan fingerprint density at radius 1 is 0.630 bits per heavy atom. The molecule has 0 aliphatic heterocycles. The highest BCUT2D eigenvalue weighted by atomic mass is 14.7. The minimum atomic E-state index is 0.682. The first-order chi connectivity index (χ1) is 13.1. The summed E-state index contributed by atoms with van der Waals surface area (Å²) < 4.78 is 0. The van der Waals surface area contributed by atoms with Crippen molar-refractivity contribution in [2.45, 2.75) is 103 Å². The summed E-state index contributed by atoms with van der Waals surface area (Å²) in [5, 5.41) is 0. The summed E-state index contributed by atoms with van der Waals surface area (Å²) in [5.41, 5.74) is 5.00. The molecule has 0 aromatic rings. The van der Waals surface area contributed by atoms with Crippen LogP contribution in [-0.4, -0.2) is 12.8 Å². The molecule has 2 saturated carbocycles. The van der Waals surface area contributed by atoms with Gasteiger partial charge in [-0.2, -0.15) is 0 Å². The minimum Gasteiger partial charge on any atom is -0.288 e. The molecule has 2 unspecified atom stereocenters. The van der Waals surface area contributed by atoms with Crippen LogP contribution in [-0.2, 0) is 0 Å². The lowest BCUT2D eigenvalue weighted by molar-refractivity contribution is 0.415. The van der Waals surface area contributed by atoms with Crippen LogP contribution in [0.1, 0.15) is 103 Å².